The normalized spacial score (nSPS) is 36.4. The van der Waals surface area contributed by atoms with Gasteiger partial charge in [0, 0.05) is 6.04 Å². The number of hydrogen-bond acceptors (Lipinski definition) is 1. The van der Waals surface area contributed by atoms with E-state index in [1.807, 2.05) is 0 Å². The lowest BCUT2D eigenvalue weighted by molar-refractivity contribution is 0.0454. The molecular formula is C17H25N. The van der Waals surface area contributed by atoms with E-state index in [9.17, 15) is 0 Å². The molecule has 4 atom stereocenters. The van der Waals surface area contributed by atoms with Crippen LogP contribution in [0.3, 0.4) is 0 Å². The number of benzene rings is 1. The van der Waals surface area contributed by atoms with E-state index in [1.165, 1.54) is 6.42 Å². The average molecular weight is 243 g/mol. The van der Waals surface area contributed by atoms with Crippen LogP contribution in [0.1, 0.15) is 51.2 Å². The second-order valence-electron chi connectivity index (χ2n) is 6.81. The molecule has 0 spiro atoms. The Kier molecular flexibility index (Phi) is 2.78. The molecule has 0 aliphatic heterocycles. The van der Waals surface area contributed by atoms with Gasteiger partial charge in [-0.05, 0) is 47.3 Å². The summed E-state index contributed by atoms with van der Waals surface area (Å²) in [5.74, 6) is 2.41. The summed E-state index contributed by atoms with van der Waals surface area (Å²) in [5.41, 5.74) is 3.56. The van der Waals surface area contributed by atoms with Gasteiger partial charge in [0.15, 0.2) is 0 Å². The van der Waals surface area contributed by atoms with Crippen molar-refractivity contribution >= 4 is 0 Å². The summed E-state index contributed by atoms with van der Waals surface area (Å²) < 4.78 is 0. The fourth-order valence-electron chi connectivity index (χ4n) is 4.53. The molecule has 18 heavy (non-hydrogen) atoms. The zero-order chi connectivity index (χ0) is 12.9. The van der Waals surface area contributed by atoms with Crippen molar-refractivity contribution in [1.29, 1.82) is 0 Å². The summed E-state index contributed by atoms with van der Waals surface area (Å²) in [6.07, 6.45) is 1.33. The summed E-state index contributed by atoms with van der Waals surface area (Å²) >= 11 is 0. The van der Waals surface area contributed by atoms with Crippen molar-refractivity contribution < 1.29 is 0 Å². The third kappa shape index (κ3) is 1.56. The van der Waals surface area contributed by atoms with Crippen LogP contribution in [0, 0.1) is 11.8 Å². The zero-order valence-corrected chi connectivity index (χ0v) is 12.0. The Labute approximate surface area is 111 Å². The predicted octanol–water partition coefficient (Wildman–Crippen LogP) is 3.70. The molecule has 1 fully saturated rings. The van der Waals surface area contributed by atoms with Crippen molar-refractivity contribution in [3.05, 3.63) is 35.4 Å². The highest BCUT2D eigenvalue weighted by molar-refractivity contribution is 5.42. The van der Waals surface area contributed by atoms with Crippen LogP contribution >= 0.6 is 0 Å². The minimum atomic E-state index is 0.339. The van der Waals surface area contributed by atoms with Gasteiger partial charge in [-0.25, -0.2) is 0 Å². The lowest BCUT2D eigenvalue weighted by atomic mass is 9.49. The van der Waals surface area contributed by atoms with E-state index in [0.717, 1.165) is 30.3 Å². The highest BCUT2D eigenvalue weighted by Gasteiger charge is 2.53. The first kappa shape index (κ1) is 12.2. The van der Waals surface area contributed by atoms with Crippen molar-refractivity contribution in [1.82, 2.24) is 5.32 Å². The van der Waals surface area contributed by atoms with Crippen LogP contribution < -0.4 is 5.32 Å². The van der Waals surface area contributed by atoms with Crippen molar-refractivity contribution in [2.75, 3.05) is 6.54 Å². The van der Waals surface area contributed by atoms with Crippen molar-refractivity contribution in [2.45, 2.75) is 51.5 Å². The number of hydrogen-bond donors (Lipinski definition) is 1. The Morgan fingerprint density at radius 1 is 1.28 bits per heavy atom. The quantitative estimate of drug-likeness (QED) is 0.835. The van der Waals surface area contributed by atoms with Crippen molar-refractivity contribution in [3.8, 4) is 0 Å². The van der Waals surface area contributed by atoms with Crippen LogP contribution in [0.5, 0.6) is 0 Å². The molecular weight excluding hydrogens is 218 g/mol. The maximum Gasteiger partial charge on any atom is 0.0133 e. The first-order valence-electron chi connectivity index (χ1n) is 7.39. The van der Waals surface area contributed by atoms with E-state index in [1.54, 1.807) is 11.1 Å². The summed E-state index contributed by atoms with van der Waals surface area (Å²) in [6.45, 7) is 10.6. The molecule has 2 aliphatic rings. The van der Waals surface area contributed by atoms with Gasteiger partial charge in [0.2, 0.25) is 0 Å². The molecule has 1 heteroatoms. The average Bonchev–Trinajstić information content (AvgIpc) is 2.35. The fraction of sp³-hybridized carbons (Fsp3) is 0.647. The van der Waals surface area contributed by atoms with Crippen LogP contribution in [-0.4, -0.2) is 12.6 Å². The van der Waals surface area contributed by atoms with Crippen LogP contribution in [0.4, 0.5) is 0 Å². The van der Waals surface area contributed by atoms with Crippen LogP contribution in [-0.2, 0) is 5.41 Å². The van der Waals surface area contributed by atoms with Crippen LogP contribution in [0.2, 0.25) is 0 Å². The molecule has 1 nitrogen and oxygen atoms in total. The molecule has 0 amide bonds. The summed E-state index contributed by atoms with van der Waals surface area (Å²) in [6, 6.07) is 9.86. The third-order valence-corrected chi connectivity index (χ3v) is 5.29. The zero-order valence-electron chi connectivity index (χ0n) is 12.0. The minimum absolute atomic E-state index is 0.339. The Hall–Kier alpha value is -0.820. The van der Waals surface area contributed by atoms with Crippen molar-refractivity contribution in [3.63, 3.8) is 0 Å². The monoisotopic (exact) mass is 243 g/mol. The van der Waals surface area contributed by atoms with Gasteiger partial charge < -0.3 is 5.32 Å². The molecule has 0 saturated heterocycles. The largest absolute Gasteiger partial charge is 0.314 e. The fourth-order valence-corrected chi connectivity index (χ4v) is 4.53. The van der Waals surface area contributed by atoms with E-state index in [0.29, 0.717) is 5.41 Å². The first-order valence-corrected chi connectivity index (χ1v) is 7.39. The second kappa shape index (κ2) is 4.09. The molecule has 2 aliphatic carbocycles. The van der Waals surface area contributed by atoms with Gasteiger partial charge in [-0.2, -0.15) is 0 Å². The molecule has 1 aromatic carbocycles. The van der Waals surface area contributed by atoms with E-state index in [4.69, 9.17) is 0 Å². The maximum absolute atomic E-state index is 3.70. The van der Waals surface area contributed by atoms with Gasteiger partial charge in [0.25, 0.3) is 0 Å². The second-order valence-corrected chi connectivity index (χ2v) is 6.81. The summed E-state index contributed by atoms with van der Waals surface area (Å²) in [4.78, 5) is 0. The summed E-state index contributed by atoms with van der Waals surface area (Å²) in [5, 5.41) is 3.70. The standard InChI is InChI=1S/C17H25N/c1-5-18-16-11(2)15-12-8-6-7-9-14(12)17(3,4)10-13(15)16/h6-9,11,13,15-16,18H,5,10H2,1-4H3. The third-order valence-electron chi connectivity index (χ3n) is 5.29. The number of rotatable bonds is 2. The number of nitrogens with one attached hydrogen (secondary N) is 1. The molecule has 3 rings (SSSR count). The molecule has 0 bridgehead atoms. The summed E-state index contributed by atoms with van der Waals surface area (Å²) in [7, 11) is 0. The smallest absolute Gasteiger partial charge is 0.0133 e. The Bertz CT molecular complexity index is 449. The van der Waals surface area contributed by atoms with E-state index < -0.39 is 0 Å². The number of fused-ring (bicyclic) bond motifs is 3. The van der Waals surface area contributed by atoms with Gasteiger partial charge in [-0.1, -0.05) is 52.0 Å². The van der Waals surface area contributed by atoms with Crippen LogP contribution in [0.15, 0.2) is 24.3 Å². The van der Waals surface area contributed by atoms with Crippen molar-refractivity contribution in [2.24, 2.45) is 11.8 Å². The van der Waals surface area contributed by atoms with Gasteiger partial charge in [0.1, 0.15) is 0 Å². The first-order chi connectivity index (χ1) is 8.56. The Morgan fingerprint density at radius 3 is 2.72 bits per heavy atom. The molecule has 0 radical (unpaired) electrons. The van der Waals surface area contributed by atoms with E-state index in [2.05, 4.69) is 57.3 Å². The lowest BCUT2D eigenvalue weighted by Crippen LogP contribution is -2.59. The van der Waals surface area contributed by atoms with Gasteiger partial charge in [0.05, 0.1) is 0 Å². The van der Waals surface area contributed by atoms with E-state index >= 15 is 0 Å². The lowest BCUT2D eigenvalue weighted by Gasteiger charge is -2.58. The van der Waals surface area contributed by atoms with Gasteiger partial charge in [-0.3, -0.25) is 0 Å². The minimum Gasteiger partial charge on any atom is -0.314 e. The molecule has 1 N–H and O–H groups in total. The molecule has 0 aromatic heterocycles. The molecule has 1 saturated carbocycles. The molecule has 98 valence electrons. The maximum atomic E-state index is 3.70. The van der Waals surface area contributed by atoms with Gasteiger partial charge >= 0.3 is 0 Å². The Balaban J connectivity index is 1.99. The highest BCUT2D eigenvalue weighted by Crippen LogP contribution is 2.57. The van der Waals surface area contributed by atoms with Gasteiger partial charge in [-0.15, -0.1) is 0 Å². The molecule has 1 aromatic rings. The Morgan fingerprint density at radius 2 is 2.00 bits per heavy atom. The van der Waals surface area contributed by atoms with E-state index in [-0.39, 0.29) is 0 Å². The highest BCUT2D eigenvalue weighted by atomic mass is 15.0. The molecule has 4 unspecified atom stereocenters. The topological polar surface area (TPSA) is 12.0 Å². The van der Waals surface area contributed by atoms with Crippen LogP contribution in [0.25, 0.3) is 0 Å². The SMILES string of the molecule is CCNC1C(C)C2c3ccccc3C(C)(C)CC12. The predicted molar refractivity (Wildman–Crippen MR) is 76.9 cm³/mol. The molecule has 0 heterocycles.